The van der Waals surface area contributed by atoms with Gasteiger partial charge in [0, 0.05) is 31.1 Å². The van der Waals surface area contributed by atoms with Gasteiger partial charge in [-0.25, -0.2) is 4.68 Å². The number of carbonyl (C=O) groups is 2. The van der Waals surface area contributed by atoms with Gasteiger partial charge < -0.3 is 19.9 Å². The van der Waals surface area contributed by atoms with Gasteiger partial charge in [-0.2, -0.15) is 5.10 Å². The fourth-order valence-electron chi connectivity index (χ4n) is 3.37. The van der Waals surface area contributed by atoms with E-state index in [-0.39, 0.29) is 18.1 Å². The molecule has 1 aromatic heterocycles. The van der Waals surface area contributed by atoms with Crippen molar-refractivity contribution >= 4 is 17.5 Å². The SMILES string of the molecule is C=C(/C=C(/C)N(C)Cn1nc(C)cc1C)C(=O)N[C@H]1COc2ccccc2N(C)C1=O. The van der Waals surface area contributed by atoms with E-state index in [1.165, 1.54) is 4.90 Å². The first kappa shape index (κ1) is 22.1. The summed E-state index contributed by atoms with van der Waals surface area (Å²) in [6.45, 7) is 10.3. The van der Waals surface area contributed by atoms with Gasteiger partial charge >= 0.3 is 0 Å². The lowest BCUT2D eigenvalue weighted by Gasteiger charge is -2.22. The molecule has 164 valence electrons. The quantitative estimate of drug-likeness (QED) is 0.570. The molecule has 0 saturated heterocycles. The second kappa shape index (κ2) is 9.07. The molecule has 0 spiro atoms. The number of nitrogens with one attached hydrogen (secondary N) is 1. The van der Waals surface area contributed by atoms with Crippen molar-refractivity contribution in [3.05, 3.63) is 65.6 Å². The standard InChI is InChI=1S/C23H29N5O3/c1-15(11-17(3)26(5)14-28-18(4)12-16(2)25-28)22(29)24-19-13-31-21-10-8-7-9-20(21)27(6)23(19)30/h7-12,19H,1,13-14H2,2-6H3,(H,24,29)/b17-11-/t19-/m0/s1. The number of ether oxygens (including phenoxy) is 1. The third kappa shape index (κ3) is 4.96. The van der Waals surface area contributed by atoms with Crippen LogP contribution in [0.1, 0.15) is 18.3 Å². The zero-order valence-electron chi connectivity index (χ0n) is 18.7. The van der Waals surface area contributed by atoms with Crippen LogP contribution in [0.3, 0.4) is 0 Å². The topological polar surface area (TPSA) is 79.7 Å². The van der Waals surface area contributed by atoms with E-state index in [0.717, 1.165) is 17.1 Å². The van der Waals surface area contributed by atoms with Crippen LogP contribution in [0.2, 0.25) is 0 Å². The number of aromatic nitrogens is 2. The zero-order valence-corrected chi connectivity index (χ0v) is 18.7. The molecule has 2 heterocycles. The van der Waals surface area contributed by atoms with Crippen molar-refractivity contribution in [1.82, 2.24) is 20.0 Å². The highest BCUT2D eigenvalue weighted by Crippen LogP contribution is 2.29. The summed E-state index contributed by atoms with van der Waals surface area (Å²) in [6, 6.07) is 8.49. The number of rotatable bonds is 6. The van der Waals surface area contributed by atoms with Gasteiger partial charge in [-0.1, -0.05) is 18.7 Å². The Labute approximate surface area is 182 Å². The number of likely N-dealkylation sites (N-methyl/N-ethyl adjacent to an activating group) is 1. The molecule has 0 saturated carbocycles. The van der Waals surface area contributed by atoms with E-state index in [9.17, 15) is 9.59 Å². The molecule has 1 N–H and O–H groups in total. The molecule has 2 amide bonds. The van der Waals surface area contributed by atoms with Gasteiger partial charge in [-0.15, -0.1) is 0 Å². The molecule has 8 heteroatoms. The van der Waals surface area contributed by atoms with Gasteiger partial charge in [0.2, 0.25) is 0 Å². The Morgan fingerprint density at radius 2 is 2.10 bits per heavy atom. The number of amides is 2. The number of para-hydroxylation sites is 2. The number of hydrogen-bond donors (Lipinski definition) is 1. The molecule has 0 fully saturated rings. The normalized spacial score (nSPS) is 16.3. The first-order chi connectivity index (χ1) is 14.7. The molecule has 2 aromatic rings. The number of carbonyl (C=O) groups excluding carboxylic acids is 2. The molecule has 0 radical (unpaired) electrons. The number of benzene rings is 1. The van der Waals surface area contributed by atoms with Crippen molar-refractivity contribution in [3.63, 3.8) is 0 Å². The Hall–Kier alpha value is -3.55. The van der Waals surface area contributed by atoms with E-state index >= 15 is 0 Å². The van der Waals surface area contributed by atoms with Gasteiger partial charge in [0.05, 0.1) is 11.4 Å². The van der Waals surface area contributed by atoms with Crippen LogP contribution in [0.25, 0.3) is 0 Å². The van der Waals surface area contributed by atoms with Crippen LogP contribution in [0.4, 0.5) is 5.69 Å². The summed E-state index contributed by atoms with van der Waals surface area (Å²) in [6.07, 6.45) is 1.70. The van der Waals surface area contributed by atoms with Crippen molar-refractivity contribution in [2.75, 3.05) is 25.6 Å². The lowest BCUT2D eigenvalue weighted by Crippen LogP contribution is -2.49. The largest absolute Gasteiger partial charge is 0.489 e. The van der Waals surface area contributed by atoms with E-state index in [1.807, 2.05) is 55.6 Å². The number of anilines is 1. The molecule has 0 aliphatic carbocycles. The Morgan fingerprint density at radius 3 is 2.77 bits per heavy atom. The Bertz CT molecular complexity index is 1040. The van der Waals surface area contributed by atoms with Crippen LogP contribution in [0.5, 0.6) is 5.75 Å². The third-order valence-corrected chi connectivity index (χ3v) is 5.29. The number of hydrogen-bond acceptors (Lipinski definition) is 5. The second-order valence-electron chi connectivity index (χ2n) is 7.78. The highest BCUT2D eigenvalue weighted by atomic mass is 16.5. The summed E-state index contributed by atoms with van der Waals surface area (Å²) in [5, 5.41) is 7.20. The lowest BCUT2D eigenvalue weighted by atomic mass is 10.2. The molecule has 1 aromatic carbocycles. The summed E-state index contributed by atoms with van der Waals surface area (Å²) < 4.78 is 7.63. The monoisotopic (exact) mass is 423 g/mol. The van der Waals surface area contributed by atoms with Crippen LogP contribution < -0.4 is 15.0 Å². The minimum Gasteiger partial charge on any atom is -0.489 e. The molecule has 8 nitrogen and oxygen atoms in total. The van der Waals surface area contributed by atoms with Crippen molar-refractivity contribution in [2.45, 2.75) is 33.5 Å². The van der Waals surface area contributed by atoms with E-state index < -0.39 is 11.9 Å². The fourth-order valence-corrected chi connectivity index (χ4v) is 3.37. The Morgan fingerprint density at radius 1 is 1.39 bits per heavy atom. The van der Waals surface area contributed by atoms with E-state index in [4.69, 9.17) is 4.74 Å². The number of allylic oxidation sites excluding steroid dienone is 1. The maximum absolute atomic E-state index is 12.8. The minimum absolute atomic E-state index is 0.0553. The van der Waals surface area contributed by atoms with E-state index in [2.05, 4.69) is 17.0 Å². The summed E-state index contributed by atoms with van der Waals surface area (Å²) in [5.41, 5.74) is 3.80. The maximum Gasteiger partial charge on any atom is 0.252 e. The Balaban J connectivity index is 1.64. The van der Waals surface area contributed by atoms with E-state index in [1.54, 1.807) is 25.3 Å². The molecule has 1 aliphatic rings. The van der Waals surface area contributed by atoms with Crippen LogP contribution >= 0.6 is 0 Å². The third-order valence-electron chi connectivity index (χ3n) is 5.29. The fraction of sp³-hybridized carbons (Fsp3) is 0.348. The number of fused-ring (bicyclic) bond motifs is 1. The molecular weight excluding hydrogens is 394 g/mol. The average Bonchev–Trinajstić information content (AvgIpc) is 3.00. The smallest absolute Gasteiger partial charge is 0.252 e. The highest BCUT2D eigenvalue weighted by Gasteiger charge is 2.30. The van der Waals surface area contributed by atoms with Crippen molar-refractivity contribution in [2.24, 2.45) is 0 Å². The lowest BCUT2D eigenvalue weighted by molar-refractivity contribution is -0.125. The van der Waals surface area contributed by atoms with Crippen LogP contribution in [-0.2, 0) is 16.3 Å². The highest BCUT2D eigenvalue weighted by molar-refractivity contribution is 6.03. The van der Waals surface area contributed by atoms with Crippen molar-refractivity contribution in [1.29, 1.82) is 0 Å². The van der Waals surface area contributed by atoms with Crippen molar-refractivity contribution < 1.29 is 14.3 Å². The predicted octanol–water partition coefficient (Wildman–Crippen LogP) is 2.39. The van der Waals surface area contributed by atoms with Gasteiger partial charge in [-0.3, -0.25) is 9.59 Å². The van der Waals surface area contributed by atoms with Gasteiger partial charge in [-0.05, 0) is 45.0 Å². The first-order valence-electron chi connectivity index (χ1n) is 10.1. The summed E-state index contributed by atoms with van der Waals surface area (Å²) >= 11 is 0. The van der Waals surface area contributed by atoms with E-state index in [0.29, 0.717) is 18.1 Å². The molecule has 1 aliphatic heterocycles. The van der Waals surface area contributed by atoms with Crippen LogP contribution in [0, 0.1) is 13.8 Å². The minimum atomic E-state index is -0.803. The molecule has 3 rings (SSSR count). The summed E-state index contributed by atoms with van der Waals surface area (Å²) in [4.78, 5) is 29.0. The zero-order chi connectivity index (χ0) is 22.7. The van der Waals surface area contributed by atoms with Gasteiger partial charge in [0.25, 0.3) is 11.8 Å². The summed E-state index contributed by atoms with van der Waals surface area (Å²) in [7, 11) is 3.59. The predicted molar refractivity (Wildman–Crippen MR) is 120 cm³/mol. The molecule has 1 atom stereocenters. The van der Waals surface area contributed by atoms with Crippen LogP contribution in [0.15, 0.2) is 54.3 Å². The molecule has 31 heavy (non-hydrogen) atoms. The maximum atomic E-state index is 12.8. The van der Waals surface area contributed by atoms with Crippen LogP contribution in [-0.4, -0.2) is 53.2 Å². The molecular formula is C23H29N5O3. The van der Waals surface area contributed by atoms with Crippen molar-refractivity contribution in [3.8, 4) is 5.75 Å². The first-order valence-corrected chi connectivity index (χ1v) is 10.1. The van der Waals surface area contributed by atoms with Gasteiger partial charge in [0.15, 0.2) is 0 Å². The Kier molecular flexibility index (Phi) is 6.48. The molecule has 0 unspecified atom stereocenters. The number of nitrogens with zero attached hydrogens (tertiary/aromatic N) is 4. The second-order valence-corrected chi connectivity index (χ2v) is 7.78. The number of aryl methyl sites for hydroxylation is 2. The molecule has 0 bridgehead atoms. The average molecular weight is 424 g/mol. The van der Waals surface area contributed by atoms with Gasteiger partial charge in [0.1, 0.15) is 25.1 Å². The summed E-state index contributed by atoms with van der Waals surface area (Å²) in [5.74, 6) is -0.0518.